The Labute approximate surface area is 152 Å². The van der Waals surface area contributed by atoms with Gasteiger partial charge in [-0.25, -0.2) is 0 Å². The second kappa shape index (κ2) is 18.8. The van der Waals surface area contributed by atoms with Crippen LogP contribution in [0.15, 0.2) is 0 Å². The average molecular weight is 341 g/mol. The molecule has 0 bridgehead atoms. The molecule has 2 heteroatoms. The first-order valence-corrected chi connectivity index (χ1v) is 10.8. The van der Waals surface area contributed by atoms with Crippen molar-refractivity contribution < 1.29 is 9.53 Å². The summed E-state index contributed by atoms with van der Waals surface area (Å²) in [5.74, 6) is 0.831. The van der Waals surface area contributed by atoms with E-state index in [0.29, 0.717) is 13.0 Å². The zero-order valence-corrected chi connectivity index (χ0v) is 16.9. The number of ether oxygens (including phenoxy) is 1. The molecule has 0 aromatic heterocycles. The number of carbonyl (C=O) groups is 1. The molecule has 0 aromatic carbocycles. The third-order valence-electron chi connectivity index (χ3n) is 4.67. The molecular weight excluding hydrogens is 296 g/mol. The third kappa shape index (κ3) is 19.5. The van der Waals surface area contributed by atoms with E-state index in [1.54, 1.807) is 0 Å². The maximum atomic E-state index is 11.6. The summed E-state index contributed by atoms with van der Waals surface area (Å²) in [5.41, 5.74) is 0. The molecule has 144 valence electrons. The van der Waals surface area contributed by atoms with E-state index in [0.717, 1.165) is 18.8 Å². The van der Waals surface area contributed by atoms with Gasteiger partial charge in [0.05, 0.1) is 6.61 Å². The number of esters is 1. The summed E-state index contributed by atoms with van der Waals surface area (Å²) in [6.45, 7) is 7.45. The number of unbranched alkanes of at least 4 members (excludes halogenated alkanes) is 12. The fourth-order valence-corrected chi connectivity index (χ4v) is 3.02. The minimum atomic E-state index is 0.0109. The van der Waals surface area contributed by atoms with Crippen LogP contribution in [0.1, 0.15) is 124 Å². The van der Waals surface area contributed by atoms with Crippen LogP contribution in [0, 0.1) is 5.92 Å². The lowest BCUT2D eigenvalue weighted by Crippen LogP contribution is -2.05. The van der Waals surface area contributed by atoms with Gasteiger partial charge in [0.2, 0.25) is 0 Å². The first-order valence-electron chi connectivity index (χ1n) is 10.8. The second-order valence-electron chi connectivity index (χ2n) is 7.75. The van der Waals surface area contributed by atoms with Gasteiger partial charge in [-0.1, -0.05) is 104 Å². The highest BCUT2D eigenvalue weighted by atomic mass is 16.5. The molecule has 0 saturated heterocycles. The van der Waals surface area contributed by atoms with Crippen molar-refractivity contribution >= 4 is 5.97 Å². The molecule has 0 unspecified atom stereocenters. The molecule has 0 saturated carbocycles. The maximum Gasteiger partial charge on any atom is 0.305 e. The Bertz CT molecular complexity index is 261. The largest absolute Gasteiger partial charge is 0.466 e. The Kier molecular flexibility index (Phi) is 18.4. The molecule has 0 aliphatic heterocycles. The van der Waals surface area contributed by atoms with Crippen LogP contribution in [-0.2, 0) is 9.53 Å². The molecule has 0 spiro atoms. The molecule has 0 aliphatic rings. The van der Waals surface area contributed by atoms with Gasteiger partial charge in [0.25, 0.3) is 0 Å². The Morgan fingerprint density at radius 3 is 1.79 bits per heavy atom. The van der Waals surface area contributed by atoms with Gasteiger partial charge in [0.15, 0.2) is 0 Å². The monoisotopic (exact) mass is 340 g/mol. The van der Waals surface area contributed by atoms with Crippen molar-refractivity contribution in [2.45, 2.75) is 124 Å². The standard InChI is InChI=1S/C22H44O2/c1-4-5-6-7-8-9-10-14-17-20-24-22(23)19-16-13-11-12-15-18-21(2)3/h21H,4-20H2,1-3H3. The lowest BCUT2D eigenvalue weighted by molar-refractivity contribution is -0.143. The van der Waals surface area contributed by atoms with Crippen LogP contribution in [-0.4, -0.2) is 12.6 Å². The minimum Gasteiger partial charge on any atom is -0.466 e. The van der Waals surface area contributed by atoms with Gasteiger partial charge < -0.3 is 4.74 Å². The lowest BCUT2D eigenvalue weighted by Gasteiger charge is -2.06. The van der Waals surface area contributed by atoms with Crippen molar-refractivity contribution in [2.24, 2.45) is 5.92 Å². The number of hydrogen-bond acceptors (Lipinski definition) is 2. The maximum absolute atomic E-state index is 11.6. The van der Waals surface area contributed by atoms with Gasteiger partial charge in [-0.05, 0) is 18.8 Å². The van der Waals surface area contributed by atoms with Gasteiger partial charge in [-0.15, -0.1) is 0 Å². The van der Waals surface area contributed by atoms with Gasteiger partial charge in [0.1, 0.15) is 0 Å². The summed E-state index contributed by atoms with van der Waals surface area (Å²) in [5, 5.41) is 0. The van der Waals surface area contributed by atoms with E-state index in [2.05, 4.69) is 20.8 Å². The van der Waals surface area contributed by atoms with Crippen molar-refractivity contribution in [1.29, 1.82) is 0 Å². The summed E-state index contributed by atoms with van der Waals surface area (Å²) >= 11 is 0. The van der Waals surface area contributed by atoms with Gasteiger partial charge in [-0.2, -0.15) is 0 Å². The summed E-state index contributed by atoms with van der Waals surface area (Å²) in [4.78, 5) is 11.6. The molecule has 0 aliphatic carbocycles. The van der Waals surface area contributed by atoms with Crippen molar-refractivity contribution in [2.75, 3.05) is 6.61 Å². The summed E-state index contributed by atoms with van der Waals surface area (Å²) < 4.78 is 5.32. The zero-order valence-electron chi connectivity index (χ0n) is 16.9. The first-order chi connectivity index (χ1) is 11.7. The summed E-state index contributed by atoms with van der Waals surface area (Å²) in [7, 11) is 0. The molecule has 0 aromatic rings. The Hall–Kier alpha value is -0.530. The van der Waals surface area contributed by atoms with E-state index in [9.17, 15) is 4.79 Å². The minimum absolute atomic E-state index is 0.0109. The van der Waals surface area contributed by atoms with E-state index in [-0.39, 0.29) is 5.97 Å². The van der Waals surface area contributed by atoms with Crippen LogP contribution >= 0.6 is 0 Å². The van der Waals surface area contributed by atoms with Crippen LogP contribution in [0.4, 0.5) is 0 Å². The SMILES string of the molecule is CCCCCCCCCCCOC(=O)CCCCCCCC(C)C. The van der Waals surface area contributed by atoms with Crippen molar-refractivity contribution in [1.82, 2.24) is 0 Å². The molecule has 0 rings (SSSR count). The Balaban J connectivity index is 3.16. The van der Waals surface area contributed by atoms with Crippen molar-refractivity contribution in [3.63, 3.8) is 0 Å². The van der Waals surface area contributed by atoms with Crippen LogP contribution in [0.5, 0.6) is 0 Å². The molecule has 24 heavy (non-hydrogen) atoms. The lowest BCUT2D eigenvalue weighted by atomic mass is 10.0. The first kappa shape index (κ1) is 23.5. The van der Waals surface area contributed by atoms with E-state index in [1.807, 2.05) is 0 Å². The highest BCUT2D eigenvalue weighted by molar-refractivity contribution is 5.69. The third-order valence-corrected chi connectivity index (χ3v) is 4.67. The van der Waals surface area contributed by atoms with Crippen LogP contribution in [0.2, 0.25) is 0 Å². The van der Waals surface area contributed by atoms with Crippen LogP contribution < -0.4 is 0 Å². The van der Waals surface area contributed by atoms with Crippen molar-refractivity contribution in [3.05, 3.63) is 0 Å². The number of hydrogen-bond donors (Lipinski definition) is 0. The molecule has 0 fully saturated rings. The van der Waals surface area contributed by atoms with Gasteiger partial charge in [-0.3, -0.25) is 4.79 Å². The van der Waals surface area contributed by atoms with Gasteiger partial charge >= 0.3 is 5.97 Å². The highest BCUT2D eigenvalue weighted by Gasteiger charge is 2.02. The van der Waals surface area contributed by atoms with Crippen molar-refractivity contribution in [3.8, 4) is 0 Å². The molecule has 2 nitrogen and oxygen atoms in total. The van der Waals surface area contributed by atoms with E-state index in [4.69, 9.17) is 4.74 Å². The number of rotatable bonds is 18. The average Bonchev–Trinajstić information content (AvgIpc) is 2.55. The fraction of sp³-hybridized carbons (Fsp3) is 0.955. The van der Waals surface area contributed by atoms with Crippen LogP contribution in [0.25, 0.3) is 0 Å². The Morgan fingerprint density at radius 1 is 0.708 bits per heavy atom. The van der Waals surface area contributed by atoms with Gasteiger partial charge in [0, 0.05) is 6.42 Å². The predicted octanol–water partition coefficient (Wildman–Crippen LogP) is 7.45. The quantitative estimate of drug-likeness (QED) is 0.191. The molecule has 0 amide bonds. The smallest absolute Gasteiger partial charge is 0.305 e. The van der Waals surface area contributed by atoms with E-state index >= 15 is 0 Å². The highest BCUT2D eigenvalue weighted by Crippen LogP contribution is 2.12. The van der Waals surface area contributed by atoms with Crippen LogP contribution in [0.3, 0.4) is 0 Å². The normalized spacial score (nSPS) is 11.2. The predicted molar refractivity (Wildman–Crippen MR) is 105 cm³/mol. The molecular formula is C22H44O2. The zero-order chi connectivity index (χ0) is 17.9. The molecule has 0 atom stereocenters. The number of carbonyl (C=O) groups excluding carboxylic acids is 1. The fourth-order valence-electron chi connectivity index (χ4n) is 3.02. The molecule has 0 radical (unpaired) electrons. The van der Waals surface area contributed by atoms with E-state index in [1.165, 1.54) is 83.5 Å². The molecule has 0 heterocycles. The Morgan fingerprint density at radius 2 is 1.21 bits per heavy atom. The second-order valence-corrected chi connectivity index (χ2v) is 7.75. The molecule has 0 N–H and O–H groups in total. The topological polar surface area (TPSA) is 26.3 Å². The summed E-state index contributed by atoms with van der Waals surface area (Å²) in [6.07, 6.45) is 19.8. The van der Waals surface area contributed by atoms with E-state index < -0.39 is 0 Å². The summed E-state index contributed by atoms with van der Waals surface area (Å²) in [6, 6.07) is 0.